The molecule has 2 fully saturated rings. The van der Waals surface area contributed by atoms with Crippen LogP contribution in [0.15, 0.2) is 0 Å². The van der Waals surface area contributed by atoms with Crippen molar-refractivity contribution in [3.8, 4) is 0 Å². The van der Waals surface area contributed by atoms with Gasteiger partial charge in [0.2, 0.25) is 0 Å². The smallest absolute Gasteiger partial charge is 0.0721 e. The van der Waals surface area contributed by atoms with Crippen LogP contribution in [0.4, 0.5) is 0 Å². The predicted octanol–water partition coefficient (Wildman–Crippen LogP) is 2.71. The first-order chi connectivity index (χ1) is 7.81. The van der Waals surface area contributed by atoms with E-state index in [0.29, 0.717) is 12.0 Å². The monoisotopic (exact) mass is 225 g/mol. The molecule has 16 heavy (non-hydrogen) atoms. The van der Waals surface area contributed by atoms with Gasteiger partial charge in [0.25, 0.3) is 0 Å². The van der Waals surface area contributed by atoms with E-state index in [4.69, 9.17) is 0 Å². The van der Waals surface area contributed by atoms with Crippen molar-refractivity contribution in [1.82, 2.24) is 5.32 Å². The highest BCUT2D eigenvalue weighted by molar-refractivity contribution is 4.87. The van der Waals surface area contributed by atoms with Crippen LogP contribution in [0.2, 0.25) is 0 Å². The average molecular weight is 225 g/mol. The number of nitrogens with one attached hydrogen (secondary N) is 1. The van der Waals surface area contributed by atoms with E-state index in [1.54, 1.807) is 0 Å². The van der Waals surface area contributed by atoms with Crippen molar-refractivity contribution in [2.45, 2.75) is 70.4 Å². The lowest BCUT2D eigenvalue weighted by atomic mass is 9.78. The van der Waals surface area contributed by atoms with Crippen LogP contribution >= 0.6 is 0 Å². The normalized spacial score (nSPS) is 34.9. The van der Waals surface area contributed by atoms with Crippen molar-refractivity contribution in [2.75, 3.05) is 6.54 Å². The van der Waals surface area contributed by atoms with Crippen molar-refractivity contribution < 1.29 is 5.11 Å². The lowest BCUT2D eigenvalue weighted by Gasteiger charge is -2.37. The molecule has 3 atom stereocenters. The molecule has 0 aromatic heterocycles. The summed E-state index contributed by atoms with van der Waals surface area (Å²) in [6.07, 6.45) is 10.2. The number of aliphatic hydroxyl groups excluding tert-OH is 1. The minimum absolute atomic E-state index is 0.0883. The first-order valence-electron chi connectivity index (χ1n) is 7.22. The molecule has 2 nitrogen and oxygen atoms in total. The Bertz CT molecular complexity index is 201. The summed E-state index contributed by atoms with van der Waals surface area (Å²) in [5, 5.41) is 14.0. The molecule has 1 heterocycles. The maximum Gasteiger partial charge on any atom is 0.0721 e. The number of hydrogen-bond acceptors (Lipinski definition) is 2. The molecular formula is C14H27NO. The Morgan fingerprint density at radius 1 is 1.19 bits per heavy atom. The van der Waals surface area contributed by atoms with E-state index >= 15 is 0 Å². The summed E-state index contributed by atoms with van der Waals surface area (Å²) < 4.78 is 0. The summed E-state index contributed by atoms with van der Waals surface area (Å²) in [5.41, 5.74) is 0. The van der Waals surface area contributed by atoms with Crippen LogP contribution in [0.5, 0.6) is 0 Å². The SMILES string of the molecule is CCC1CCNC(C(O)C2CCCCC2)C1. The van der Waals surface area contributed by atoms with Crippen molar-refractivity contribution in [3.05, 3.63) is 0 Å². The number of piperidine rings is 1. The van der Waals surface area contributed by atoms with Crippen LogP contribution in [-0.4, -0.2) is 23.8 Å². The van der Waals surface area contributed by atoms with Crippen LogP contribution in [0.3, 0.4) is 0 Å². The number of rotatable bonds is 3. The van der Waals surface area contributed by atoms with Crippen molar-refractivity contribution in [1.29, 1.82) is 0 Å². The van der Waals surface area contributed by atoms with E-state index in [9.17, 15) is 5.11 Å². The first-order valence-corrected chi connectivity index (χ1v) is 7.22. The molecule has 1 saturated heterocycles. The van der Waals surface area contributed by atoms with Gasteiger partial charge in [0, 0.05) is 6.04 Å². The van der Waals surface area contributed by atoms with Crippen LogP contribution in [-0.2, 0) is 0 Å². The molecule has 0 spiro atoms. The summed E-state index contributed by atoms with van der Waals surface area (Å²) in [6, 6.07) is 0.377. The third-order valence-corrected chi connectivity index (χ3v) is 4.67. The van der Waals surface area contributed by atoms with Crippen molar-refractivity contribution in [3.63, 3.8) is 0 Å². The fourth-order valence-electron chi connectivity index (χ4n) is 3.47. The van der Waals surface area contributed by atoms with Crippen molar-refractivity contribution in [2.24, 2.45) is 11.8 Å². The minimum atomic E-state index is -0.0883. The van der Waals surface area contributed by atoms with Gasteiger partial charge in [0.1, 0.15) is 0 Å². The fraction of sp³-hybridized carbons (Fsp3) is 1.00. The van der Waals surface area contributed by atoms with Crippen LogP contribution in [0.25, 0.3) is 0 Å². The molecule has 94 valence electrons. The highest BCUT2D eigenvalue weighted by atomic mass is 16.3. The van der Waals surface area contributed by atoms with E-state index in [1.165, 1.54) is 51.4 Å². The van der Waals surface area contributed by atoms with Gasteiger partial charge in [-0.1, -0.05) is 32.6 Å². The molecule has 3 unspecified atom stereocenters. The van der Waals surface area contributed by atoms with E-state index in [2.05, 4.69) is 12.2 Å². The second kappa shape index (κ2) is 6.02. The summed E-state index contributed by atoms with van der Waals surface area (Å²) in [6.45, 7) is 3.38. The largest absolute Gasteiger partial charge is 0.391 e. The van der Waals surface area contributed by atoms with Gasteiger partial charge < -0.3 is 10.4 Å². The Kier molecular flexibility index (Phi) is 4.66. The molecule has 2 N–H and O–H groups in total. The highest BCUT2D eigenvalue weighted by Crippen LogP contribution is 2.31. The van der Waals surface area contributed by atoms with Crippen LogP contribution in [0, 0.1) is 11.8 Å². The van der Waals surface area contributed by atoms with Crippen LogP contribution < -0.4 is 5.32 Å². The lowest BCUT2D eigenvalue weighted by Crippen LogP contribution is -2.48. The Morgan fingerprint density at radius 3 is 2.62 bits per heavy atom. The molecule has 2 rings (SSSR count). The standard InChI is InChI=1S/C14H27NO/c1-2-11-8-9-15-13(10-11)14(16)12-6-4-3-5-7-12/h11-16H,2-10H2,1H3. The summed E-state index contributed by atoms with van der Waals surface area (Å²) in [4.78, 5) is 0. The zero-order chi connectivity index (χ0) is 11.4. The zero-order valence-electron chi connectivity index (χ0n) is 10.6. The Morgan fingerprint density at radius 2 is 1.94 bits per heavy atom. The van der Waals surface area contributed by atoms with E-state index in [0.717, 1.165) is 12.5 Å². The fourth-order valence-corrected chi connectivity index (χ4v) is 3.47. The molecule has 0 aromatic rings. The maximum atomic E-state index is 10.4. The second-order valence-corrected chi connectivity index (χ2v) is 5.75. The van der Waals surface area contributed by atoms with E-state index < -0.39 is 0 Å². The molecule has 2 aliphatic rings. The van der Waals surface area contributed by atoms with Gasteiger partial charge in [-0.25, -0.2) is 0 Å². The minimum Gasteiger partial charge on any atom is -0.391 e. The van der Waals surface area contributed by atoms with E-state index in [-0.39, 0.29) is 6.10 Å². The van der Waals surface area contributed by atoms with Gasteiger partial charge in [-0.15, -0.1) is 0 Å². The maximum absolute atomic E-state index is 10.4. The zero-order valence-corrected chi connectivity index (χ0v) is 10.6. The summed E-state index contributed by atoms with van der Waals surface area (Å²) >= 11 is 0. The Hall–Kier alpha value is -0.0800. The topological polar surface area (TPSA) is 32.3 Å². The first kappa shape index (κ1) is 12.4. The van der Waals surface area contributed by atoms with Gasteiger partial charge in [0.15, 0.2) is 0 Å². The van der Waals surface area contributed by atoms with Crippen LogP contribution in [0.1, 0.15) is 58.3 Å². The third-order valence-electron chi connectivity index (χ3n) is 4.67. The molecular weight excluding hydrogens is 198 g/mol. The van der Waals surface area contributed by atoms with Gasteiger partial charge in [-0.05, 0) is 44.1 Å². The van der Waals surface area contributed by atoms with Gasteiger partial charge in [0.05, 0.1) is 6.10 Å². The van der Waals surface area contributed by atoms with E-state index in [1.807, 2.05) is 0 Å². The second-order valence-electron chi connectivity index (χ2n) is 5.75. The number of hydrogen-bond donors (Lipinski definition) is 2. The molecule has 1 aliphatic heterocycles. The average Bonchev–Trinajstić information content (AvgIpc) is 2.39. The molecule has 0 aromatic carbocycles. The Balaban J connectivity index is 1.84. The van der Waals surface area contributed by atoms with Gasteiger partial charge in [-0.2, -0.15) is 0 Å². The van der Waals surface area contributed by atoms with Gasteiger partial charge in [-0.3, -0.25) is 0 Å². The third kappa shape index (κ3) is 2.98. The highest BCUT2D eigenvalue weighted by Gasteiger charge is 2.31. The summed E-state index contributed by atoms with van der Waals surface area (Å²) in [7, 11) is 0. The summed E-state index contributed by atoms with van der Waals surface area (Å²) in [5.74, 6) is 1.41. The molecule has 0 bridgehead atoms. The molecule has 2 heteroatoms. The number of aliphatic hydroxyl groups is 1. The Labute approximate surface area is 99.8 Å². The lowest BCUT2D eigenvalue weighted by molar-refractivity contribution is 0.0327. The quantitative estimate of drug-likeness (QED) is 0.774. The molecule has 1 aliphatic carbocycles. The van der Waals surface area contributed by atoms with Gasteiger partial charge >= 0.3 is 0 Å². The molecule has 1 saturated carbocycles. The molecule has 0 radical (unpaired) electrons. The molecule has 0 amide bonds. The predicted molar refractivity (Wildman–Crippen MR) is 67.4 cm³/mol. The van der Waals surface area contributed by atoms with Crippen molar-refractivity contribution >= 4 is 0 Å².